The number of rotatable bonds is 9. The van der Waals surface area contributed by atoms with Crippen LogP contribution in [-0.4, -0.2) is 37.7 Å². The number of thiazole rings is 1. The number of halogens is 4. The third-order valence-corrected chi connectivity index (χ3v) is 3.26. The van der Waals surface area contributed by atoms with Crippen LogP contribution in [0.3, 0.4) is 0 Å². The Morgan fingerprint density at radius 2 is 2.15 bits per heavy atom. The van der Waals surface area contributed by atoms with Gasteiger partial charge in [-0.05, 0) is 6.42 Å². The molecule has 1 heterocycles. The molecule has 0 saturated heterocycles. The van der Waals surface area contributed by atoms with E-state index in [1.165, 1.54) is 11.3 Å². The average Bonchev–Trinajstić information content (AvgIpc) is 2.84. The van der Waals surface area contributed by atoms with Gasteiger partial charge in [-0.25, -0.2) is 13.8 Å². The van der Waals surface area contributed by atoms with Crippen LogP contribution in [0.15, 0.2) is 5.38 Å². The zero-order chi connectivity index (χ0) is 15.2. The highest BCUT2D eigenvalue weighted by atomic mass is 32.1. The first kappa shape index (κ1) is 17.3. The van der Waals surface area contributed by atoms with E-state index in [0.29, 0.717) is 23.7 Å². The van der Waals surface area contributed by atoms with Crippen LogP contribution in [-0.2, 0) is 16.1 Å². The van der Waals surface area contributed by atoms with Crippen LogP contribution in [0.1, 0.15) is 23.2 Å². The van der Waals surface area contributed by atoms with E-state index in [4.69, 9.17) is 10.5 Å². The molecule has 1 rings (SSSR count). The fraction of sp³-hybridized carbons (Fsp3) is 0.727. The Balaban J connectivity index is 2.41. The van der Waals surface area contributed by atoms with Crippen molar-refractivity contribution in [2.24, 2.45) is 5.73 Å². The Hall–Kier alpha value is -0.770. The number of hydrogen-bond acceptors (Lipinski definition) is 5. The molecule has 0 saturated carbocycles. The second-order valence-electron chi connectivity index (χ2n) is 4.11. The van der Waals surface area contributed by atoms with Crippen molar-refractivity contribution in [3.05, 3.63) is 16.1 Å². The molecule has 0 aliphatic carbocycles. The van der Waals surface area contributed by atoms with Crippen LogP contribution in [0.25, 0.3) is 0 Å². The SMILES string of the molecule is COCCC(N)c1csc(COCC(F)(F)C(F)F)n1. The van der Waals surface area contributed by atoms with E-state index in [-0.39, 0.29) is 12.6 Å². The molecule has 1 atom stereocenters. The van der Waals surface area contributed by atoms with Crippen LogP contribution < -0.4 is 5.73 Å². The standard InChI is InChI=1S/C11H16F4N2O2S/c1-18-3-2-7(16)8-5-20-9(17-8)4-19-6-11(14,15)10(12)13/h5,7,10H,2-4,6,16H2,1H3. The number of ether oxygens (including phenoxy) is 2. The van der Waals surface area contributed by atoms with E-state index in [0.717, 1.165) is 0 Å². The molecule has 116 valence electrons. The number of alkyl halides is 4. The van der Waals surface area contributed by atoms with Crippen molar-refractivity contribution in [2.75, 3.05) is 20.3 Å². The zero-order valence-corrected chi connectivity index (χ0v) is 11.6. The minimum absolute atomic E-state index is 0.246. The molecular formula is C11H16F4N2O2S. The first-order valence-corrected chi connectivity index (χ1v) is 6.67. The summed E-state index contributed by atoms with van der Waals surface area (Å²) in [5.41, 5.74) is 6.44. The molecule has 4 nitrogen and oxygen atoms in total. The molecule has 0 bridgehead atoms. The predicted molar refractivity (Wildman–Crippen MR) is 66.1 cm³/mol. The fourth-order valence-electron chi connectivity index (χ4n) is 1.29. The largest absolute Gasteiger partial charge is 0.385 e. The number of nitrogens with zero attached hydrogens (tertiary/aromatic N) is 1. The first-order chi connectivity index (χ1) is 9.36. The van der Waals surface area contributed by atoms with Gasteiger partial charge in [0.25, 0.3) is 0 Å². The number of methoxy groups -OCH3 is 1. The number of aromatic nitrogens is 1. The molecule has 0 fully saturated rings. The maximum Gasteiger partial charge on any atom is 0.330 e. The van der Waals surface area contributed by atoms with Crippen molar-refractivity contribution in [1.82, 2.24) is 4.98 Å². The van der Waals surface area contributed by atoms with Gasteiger partial charge in [0.2, 0.25) is 0 Å². The summed E-state index contributed by atoms with van der Waals surface area (Å²) in [7, 11) is 1.55. The molecule has 0 aromatic carbocycles. The summed E-state index contributed by atoms with van der Waals surface area (Å²) in [6.07, 6.45) is -3.17. The topological polar surface area (TPSA) is 57.4 Å². The van der Waals surface area contributed by atoms with Gasteiger partial charge in [-0.3, -0.25) is 0 Å². The first-order valence-electron chi connectivity index (χ1n) is 5.79. The third-order valence-electron chi connectivity index (χ3n) is 2.42. The van der Waals surface area contributed by atoms with Crippen molar-refractivity contribution in [1.29, 1.82) is 0 Å². The van der Waals surface area contributed by atoms with Gasteiger partial charge in [-0.15, -0.1) is 11.3 Å². The number of hydrogen-bond donors (Lipinski definition) is 1. The minimum atomic E-state index is -4.14. The summed E-state index contributed by atoms with van der Waals surface area (Å²) in [4.78, 5) is 4.11. The van der Waals surface area contributed by atoms with Crippen LogP contribution in [0.2, 0.25) is 0 Å². The van der Waals surface area contributed by atoms with Gasteiger partial charge in [-0.2, -0.15) is 8.78 Å². The lowest BCUT2D eigenvalue weighted by Gasteiger charge is -2.14. The lowest BCUT2D eigenvalue weighted by molar-refractivity contribution is -0.168. The summed E-state index contributed by atoms with van der Waals surface area (Å²) >= 11 is 1.18. The van der Waals surface area contributed by atoms with Crippen LogP contribution >= 0.6 is 11.3 Å². The maximum atomic E-state index is 12.6. The molecule has 1 unspecified atom stereocenters. The van der Waals surface area contributed by atoms with Crippen LogP contribution in [0.4, 0.5) is 17.6 Å². The summed E-state index contributed by atoms with van der Waals surface area (Å²) < 4.78 is 58.4. The zero-order valence-electron chi connectivity index (χ0n) is 10.8. The summed E-state index contributed by atoms with van der Waals surface area (Å²) in [5.74, 6) is -4.14. The molecule has 0 radical (unpaired) electrons. The second-order valence-corrected chi connectivity index (χ2v) is 5.05. The molecule has 0 spiro atoms. The Morgan fingerprint density at radius 3 is 2.75 bits per heavy atom. The van der Waals surface area contributed by atoms with Gasteiger partial charge >= 0.3 is 12.3 Å². The van der Waals surface area contributed by atoms with Gasteiger partial charge in [0.15, 0.2) is 0 Å². The molecule has 20 heavy (non-hydrogen) atoms. The highest BCUT2D eigenvalue weighted by Gasteiger charge is 2.40. The van der Waals surface area contributed by atoms with Crippen molar-refractivity contribution in [3.8, 4) is 0 Å². The summed E-state index contributed by atoms with van der Waals surface area (Å²) in [6, 6.07) is -0.317. The van der Waals surface area contributed by atoms with E-state index in [2.05, 4.69) is 9.72 Å². The van der Waals surface area contributed by atoms with Gasteiger partial charge in [0.05, 0.1) is 18.3 Å². The van der Waals surface area contributed by atoms with Crippen molar-refractivity contribution >= 4 is 11.3 Å². The second kappa shape index (κ2) is 7.87. The van der Waals surface area contributed by atoms with E-state index in [1.54, 1.807) is 12.5 Å². The Bertz CT molecular complexity index is 404. The van der Waals surface area contributed by atoms with Gasteiger partial charge in [0.1, 0.15) is 11.6 Å². The van der Waals surface area contributed by atoms with E-state index in [9.17, 15) is 17.6 Å². The Morgan fingerprint density at radius 1 is 1.45 bits per heavy atom. The highest BCUT2D eigenvalue weighted by molar-refractivity contribution is 7.09. The number of nitrogens with two attached hydrogens (primary N) is 1. The Labute approximate surface area is 117 Å². The van der Waals surface area contributed by atoms with Crippen LogP contribution in [0, 0.1) is 0 Å². The predicted octanol–water partition coefficient (Wildman–Crippen LogP) is 2.60. The molecule has 0 amide bonds. The van der Waals surface area contributed by atoms with Crippen LogP contribution in [0.5, 0.6) is 0 Å². The summed E-state index contributed by atoms with van der Waals surface area (Å²) in [6.45, 7) is -1.11. The molecule has 0 aliphatic rings. The lowest BCUT2D eigenvalue weighted by Crippen LogP contribution is -2.32. The smallest absolute Gasteiger partial charge is 0.330 e. The molecule has 2 N–H and O–H groups in total. The molecule has 9 heteroatoms. The van der Waals surface area contributed by atoms with Gasteiger partial charge < -0.3 is 15.2 Å². The quantitative estimate of drug-likeness (QED) is 0.712. The fourth-order valence-corrected chi connectivity index (χ4v) is 2.09. The lowest BCUT2D eigenvalue weighted by atomic mass is 10.2. The highest BCUT2D eigenvalue weighted by Crippen LogP contribution is 2.24. The van der Waals surface area contributed by atoms with Gasteiger partial charge in [-0.1, -0.05) is 0 Å². The molecule has 1 aromatic heterocycles. The van der Waals surface area contributed by atoms with Gasteiger partial charge in [0, 0.05) is 19.1 Å². The van der Waals surface area contributed by atoms with E-state index in [1.807, 2.05) is 0 Å². The average molecular weight is 316 g/mol. The third kappa shape index (κ3) is 5.31. The van der Waals surface area contributed by atoms with Crippen molar-refractivity contribution < 1.29 is 27.0 Å². The minimum Gasteiger partial charge on any atom is -0.385 e. The normalized spacial score (nSPS) is 13.9. The summed E-state index contributed by atoms with van der Waals surface area (Å²) in [5, 5.41) is 2.10. The monoisotopic (exact) mass is 316 g/mol. The van der Waals surface area contributed by atoms with Crippen molar-refractivity contribution in [2.45, 2.75) is 31.4 Å². The van der Waals surface area contributed by atoms with Crippen molar-refractivity contribution in [3.63, 3.8) is 0 Å². The maximum absolute atomic E-state index is 12.6. The molecular weight excluding hydrogens is 300 g/mol. The van der Waals surface area contributed by atoms with E-state index >= 15 is 0 Å². The Kier molecular flexibility index (Phi) is 6.80. The van der Waals surface area contributed by atoms with E-state index < -0.39 is 19.0 Å². The molecule has 0 aliphatic heterocycles. The molecule has 1 aromatic rings.